The van der Waals surface area contributed by atoms with Gasteiger partial charge in [-0.15, -0.1) is 0 Å². The van der Waals surface area contributed by atoms with E-state index in [0.717, 1.165) is 24.5 Å². The third-order valence-electron chi connectivity index (χ3n) is 4.85. The number of rotatable bonds is 7. The molecule has 1 aromatic rings. The van der Waals surface area contributed by atoms with Gasteiger partial charge < -0.3 is 10.1 Å². The monoisotopic (exact) mass is 342 g/mol. The molecule has 4 heteroatoms. The van der Waals surface area contributed by atoms with E-state index in [4.69, 9.17) is 4.74 Å². The summed E-state index contributed by atoms with van der Waals surface area (Å²) in [6, 6.07) is 3.78. The lowest BCUT2D eigenvalue weighted by Gasteiger charge is -2.27. The van der Waals surface area contributed by atoms with Gasteiger partial charge in [-0.05, 0) is 50.7 Å². The Morgan fingerprint density at radius 1 is 1.28 bits per heavy atom. The molecule has 0 aromatic carbocycles. The van der Waals surface area contributed by atoms with Crippen LogP contribution in [0.5, 0.6) is 5.75 Å². The van der Waals surface area contributed by atoms with Crippen molar-refractivity contribution < 1.29 is 9.53 Å². The SMILES string of the molecule is CCCCC1CCC(C(=O)NCC#CCOc2ccc(C)nc2)CC1. The van der Waals surface area contributed by atoms with Crippen molar-refractivity contribution >= 4 is 5.91 Å². The number of nitrogens with zero attached hydrogens (tertiary/aromatic N) is 1. The molecule has 0 radical (unpaired) electrons. The van der Waals surface area contributed by atoms with Crippen molar-refractivity contribution in [1.82, 2.24) is 10.3 Å². The van der Waals surface area contributed by atoms with Crippen molar-refractivity contribution in [3.8, 4) is 17.6 Å². The number of nitrogens with one attached hydrogen (secondary N) is 1. The fraction of sp³-hybridized carbons (Fsp3) is 0.619. The van der Waals surface area contributed by atoms with Gasteiger partial charge in [-0.3, -0.25) is 9.78 Å². The zero-order chi connectivity index (χ0) is 17.9. The number of hydrogen-bond donors (Lipinski definition) is 1. The van der Waals surface area contributed by atoms with Crippen LogP contribution in [0.1, 0.15) is 57.6 Å². The molecule has 1 aliphatic rings. The fourth-order valence-corrected chi connectivity index (χ4v) is 3.25. The van der Waals surface area contributed by atoms with E-state index in [9.17, 15) is 4.79 Å². The largest absolute Gasteiger partial charge is 0.479 e. The highest BCUT2D eigenvalue weighted by Crippen LogP contribution is 2.31. The number of unbranched alkanes of at least 4 members (excludes halogenated alkanes) is 1. The zero-order valence-electron chi connectivity index (χ0n) is 15.5. The van der Waals surface area contributed by atoms with Gasteiger partial charge in [0.1, 0.15) is 12.4 Å². The first-order valence-corrected chi connectivity index (χ1v) is 9.48. The first-order valence-electron chi connectivity index (χ1n) is 9.48. The zero-order valence-corrected chi connectivity index (χ0v) is 15.5. The molecule has 1 aliphatic carbocycles. The van der Waals surface area contributed by atoms with Crippen LogP contribution in [0.25, 0.3) is 0 Å². The van der Waals surface area contributed by atoms with Gasteiger partial charge in [0.25, 0.3) is 0 Å². The first-order chi connectivity index (χ1) is 12.2. The standard InChI is InChI=1S/C21H30N2O2/c1-3-4-7-18-9-11-19(12-10-18)21(24)22-14-5-6-15-25-20-13-8-17(2)23-16-20/h8,13,16,18-19H,3-4,7,9-12,14-15H2,1-2H3,(H,22,24). The highest BCUT2D eigenvalue weighted by atomic mass is 16.5. The van der Waals surface area contributed by atoms with Crippen LogP contribution in [-0.4, -0.2) is 24.0 Å². The van der Waals surface area contributed by atoms with Crippen LogP contribution in [0.2, 0.25) is 0 Å². The number of aromatic nitrogens is 1. The van der Waals surface area contributed by atoms with Gasteiger partial charge >= 0.3 is 0 Å². The highest BCUT2D eigenvalue weighted by molar-refractivity contribution is 5.78. The average Bonchev–Trinajstić information content (AvgIpc) is 2.64. The molecule has 0 spiro atoms. The number of amides is 1. The Labute approximate surface area is 151 Å². The van der Waals surface area contributed by atoms with Gasteiger partial charge in [-0.1, -0.05) is 38.0 Å². The molecule has 2 rings (SSSR count). The lowest BCUT2D eigenvalue weighted by atomic mass is 9.79. The highest BCUT2D eigenvalue weighted by Gasteiger charge is 2.25. The second kappa shape index (κ2) is 10.8. The molecule has 136 valence electrons. The van der Waals surface area contributed by atoms with E-state index in [1.54, 1.807) is 6.20 Å². The van der Waals surface area contributed by atoms with Crippen molar-refractivity contribution in [1.29, 1.82) is 0 Å². The second-order valence-corrected chi connectivity index (χ2v) is 6.86. The first kappa shape index (κ1) is 19.3. The van der Waals surface area contributed by atoms with Crippen LogP contribution < -0.4 is 10.1 Å². The van der Waals surface area contributed by atoms with Crippen LogP contribution in [0.4, 0.5) is 0 Å². The summed E-state index contributed by atoms with van der Waals surface area (Å²) in [4.78, 5) is 16.3. The molecule has 4 nitrogen and oxygen atoms in total. The Hall–Kier alpha value is -2.02. The number of ether oxygens (including phenoxy) is 1. The van der Waals surface area contributed by atoms with E-state index in [0.29, 0.717) is 18.9 Å². The van der Waals surface area contributed by atoms with Crippen LogP contribution in [-0.2, 0) is 4.79 Å². The van der Waals surface area contributed by atoms with Crippen LogP contribution >= 0.6 is 0 Å². The number of carbonyl (C=O) groups excluding carboxylic acids is 1. The molecule has 1 saturated carbocycles. The number of carbonyl (C=O) groups is 1. The Morgan fingerprint density at radius 2 is 2.08 bits per heavy atom. The Bertz CT molecular complexity index is 578. The summed E-state index contributed by atoms with van der Waals surface area (Å²) in [6.07, 6.45) is 10.0. The third kappa shape index (κ3) is 7.17. The summed E-state index contributed by atoms with van der Waals surface area (Å²) in [5.41, 5.74) is 0.959. The van der Waals surface area contributed by atoms with Crippen molar-refractivity contribution in [3.05, 3.63) is 24.0 Å². The lowest BCUT2D eigenvalue weighted by molar-refractivity contribution is -0.125. The normalized spacial score (nSPS) is 19.6. The predicted octanol–water partition coefficient (Wildman–Crippen LogP) is 3.89. The van der Waals surface area contributed by atoms with Crippen LogP contribution in [0, 0.1) is 30.6 Å². The summed E-state index contributed by atoms with van der Waals surface area (Å²) in [7, 11) is 0. The molecule has 0 saturated heterocycles. The molecule has 25 heavy (non-hydrogen) atoms. The molecular formula is C21H30N2O2. The minimum absolute atomic E-state index is 0.159. The maximum Gasteiger partial charge on any atom is 0.223 e. The van der Waals surface area contributed by atoms with E-state index in [1.807, 2.05) is 19.1 Å². The van der Waals surface area contributed by atoms with E-state index >= 15 is 0 Å². The second-order valence-electron chi connectivity index (χ2n) is 6.86. The summed E-state index contributed by atoms with van der Waals surface area (Å²) in [5.74, 6) is 7.75. The van der Waals surface area contributed by atoms with Crippen LogP contribution in [0.15, 0.2) is 18.3 Å². The molecule has 1 heterocycles. The minimum Gasteiger partial charge on any atom is -0.479 e. The molecule has 1 fully saturated rings. The molecule has 0 bridgehead atoms. The lowest BCUT2D eigenvalue weighted by Crippen LogP contribution is -2.33. The van der Waals surface area contributed by atoms with Crippen molar-refractivity contribution in [2.75, 3.05) is 13.2 Å². The molecule has 1 amide bonds. The predicted molar refractivity (Wildman–Crippen MR) is 100 cm³/mol. The minimum atomic E-state index is 0.159. The molecule has 0 unspecified atom stereocenters. The fourth-order valence-electron chi connectivity index (χ4n) is 3.25. The molecule has 1 aromatic heterocycles. The molecular weight excluding hydrogens is 312 g/mol. The van der Waals surface area contributed by atoms with Crippen molar-refractivity contribution in [3.63, 3.8) is 0 Å². The molecule has 0 aliphatic heterocycles. The van der Waals surface area contributed by atoms with E-state index in [-0.39, 0.29) is 11.8 Å². The van der Waals surface area contributed by atoms with E-state index in [2.05, 4.69) is 29.1 Å². The number of aryl methyl sites for hydroxylation is 1. The maximum atomic E-state index is 12.2. The van der Waals surface area contributed by atoms with Crippen molar-refractivity contribution in [2.24, 2.45) is 11.8 Å². The molecule has 0 atom stereocenters. The van der Waals surface area contributed by atoms with Crippen molar-refractivity contribution in [2.45, 2.75) is 58.8 Å². The topological polar surface area (TPSA) is 51.2 Å². The van der Waals surface area contributed by atoms with Gasteiger partial charge in [0.15, 0.2) is 0 Å². The van der Waals surface area contributed by atoms with Gasteiger partial charge in [0.05, 0.1) is 12.7 Å². The van der Waals surface area contributed by atoms with Gasteiger partial charge in [-0.2, -0.15) is 0 Å². The summed E-state index contributed by atoms with van der Waals surface area (Å²) < 4.78 is 5.48. The third-order valence-corrected chi connectivity index (χ3v) is 4.85. The van der Waals surface area contributed by atoms with Crippen LogP contribution in [0.3, 0.4) is 0 Å². The smallest absolute Gasteiger partial charge is 0.223 e. The van der Waals surface area contributed by atoms with E-state index in [1.165, 1.54) is 32.1 Å². The Kier molecular flexibility index (Phi) is 8.31. The quantitative estimate of drug-likeness (QED) is 0.765. The molecule has 1 N–H and O–H groups in total. The van der Waals surface area contributed by atoms with Gasteiger partial charge in [0.2, 0.25) is 5.91 Å². The summed E-state index contributed by atoms with van der Waals surface area (Å²) >= 11 is 0. The Balaban J connectivity index is 1.59. The average molecular weight is 342 g/mol. The van der Waals surface area contributed by atoms with E-state index < -0.39 is 0 Å². The van der Waals surface area contributed by atoms with Gasteiger partial charge in [0, 0.05) is 11.6 Å². The summed E-state index contributed by atoms with van der Waals surface area (Å²) in [6.45, 7) is 4.88. The number of hydrogen-bond acceptors (Lipinski definition) is 3. The maximum absolute atomic E-state index is 12.2. The number of pyridine rings is 1. The van der Waals surface area contributed by atoms with Gasteiger partial charge in [-0.25, -0.2) is 0 Å². The Morgan fingerprint density at radius 3 is 2.76 bits per heavy atom. The summed E-state index contributed by atoms with van der Waals surface area (Å²) in [5, 5.41) is 2.94.